The third-order valence-corrected chi connectivity index (χ3v) is 5.48. The van der Waals surface area contributed by atoms with Crippen LogP contribution in [0.15, 0.2) is 59.5 Å². The average Bonchev–Trinajstić information content (AvgIpc) is 2.48. The zero-order valence-corrected chi connectivity index (χ0v) is 13.7. The van der Waals surface area contributed by atoms with Gasteiger partial charge in [-0.15, -0.1) is 0 Å². The van der Waals surface area contributed by atoms with Crippen LogP contribution in [-0.4, -0.2) is 20.7 Å². The average molecular weight is 342 g/mol. The molecule has 0 aromatic heterocycles. The number of halogens is 1. The lowest BCUT2D eigenvalue weighted by molar-refractivity contribution is 0.584. The molecule has 0 atom stereocenters. The Balaban J connectivity index is 1.78. The molecule has 0 radical (unpaired) electrons. The zero-order chi connectivity index (χ0) is 15.1. The summed E-state index contributed by atoms with van der Waals surface area (Å²) in [5.41, 5.74) is 1.24. The van der Waals surface area contributed by atoms with Gasteiger partial charge in [-0.25, -0.2) is 13.1 Å². The van der Waals surface area contributed by atoms with Crippen LogP contribution in [0, 0.1) is 0 Å². The summed E-state index contributed by atoms with van der Waals surface area (Å²) in [7, 11) is -3.48. The Kier molecular flexibility index (Phi) is 6.11. The molecule has 0 bridgehead atoms. The highest BCUT2D eigenvalue weighted by Crippen LogP contribution is 2.15. The first-order chi connectivity index (χ1) is 10.1. The molecule has 2 rings (SSSR count). The second kappa shape index (κ2) is 7.84. The summed E-state index contributed by atoms with van der Waals surface area (Å²) in [4.78, 5) is 0.197. The highest BCUT2D eigenvalue weighted by molar-refractivity contribution is 7.98. The van der Waals surface area contributed by atoms with Gasteiger partial charge in [0.15, 0.2) is 0 Å². The first kappa shape index (κ1) is 16.4. The number of sulfonamides is 1. The van der Waals surface area contributed by atoms with Crippen LogP contribution in [0.2, 0.25) is 5.02 Å². The molecule has 3 nitrogen and oxygen atoms in total. The van der Waals surface area contributed by atoms with Crippen molar-refractivity contribution in [3.63, 3.8) is 0 Å². The molecule has 21 heavy (non-hydrogen) atoms. The number of rotatable bonds is 7. The van der Waals surface area contributed by atoms with Crippen molar-refractivity contribution in [2.24, 2.45) is 0 Å². The summed E-state index contributed by atoms with van der Waals surface area (Å²) in [5.74, 6) is 1.59. The Morgan fingerprint density at radius 1 is 1.05 bits per heavy atom. The van der Waals surface area contributed by atoms with Gasteiger partial charge < -0.3 is 0 Å². The van der Waals surface area contributed by atoms with E-state index in [1.165, 1.54) is 17.7 Å². The molecule has 0 heterocycles. The Morgan fingerprint density at radius 3 is 2.52 bits per heavy atom. The minimum Gasteiger partial charge on any atom is -0.210 e. The van der Waals surface area contributed by atoms with Crippen molar-refractivity contribution >= 4 is 33.4 Å². The predicted octanol–water partition coefficient (Wildman–Crippen LogP) is 3.55. The minimum absolute atomic E-state index is 0.197. The van der Waals surface area contributed by atoms with E-state index < -0.39 is 10.0 Å². The normalized spacial score (nSPS) is 11.5. The SMILES string of the molecule is O=S(=O)(NCCSCc1ccccc1)c1cccc(Cl)c1. The van der Waals surface area contributed by atoms with E-state index in [2.05, 4.69) is 16.9 Å². The van der Waals surface area contributed by atoms with E-state index in [1.807, 2.05) is 18.2 Å². The molecular weight excluding hydrogens is 326 g/mol. The van der Waals surface area contributed by atoms with Crippen LogP contribution in [0.4, 0.5) is 0 Å². The van der Waals surface area contributed by atoms with Crippen LogP contribution in [0.25, 0.3) is 0 Å². The number of hydrogen-bond acceptors (Lipinski definition) is 3. The maximum atomic E-state index is 12.0. The van der Waals surface area contributed by atoms with E-state index in [1.54, 1.807) is 23.9 Å². The zero-order valence-electron chi connectivity index (χ0n) is 11.3. The Morgan fingerprint density at radius 2 is 1.81 bits per heavy atom. The molecule has 2 aromatic rings. The van der Waals surface area contributed by atoms with Crippen molar-refractivity contribution < 1.29 is 8.42 Å². The van der Waals surface area contributed by atoms with Gasteiger partial charge >= 0.3 is 0 Å². The van der Waals surface area contributed by atoms with Crippen molar-refractivity contribution in [2.75, 3.05) is 12.3 Å². The maximum Gasteiger partial charge on any atom is 0.240 e. The molecule has 0 unspecified atom stereocenters. The lowest BCUT2D eigenvalue weighted by Crippen LogP contribution is -2.26. The minimum atomic E-state index is -3.48. The number of nitrogens with one attached hydrogen (secondary N) is 1. The van der Waals surface area contributed by atoms with Gasteiger partial charge in [0.25, 0.3) is 0 Å². The van der Waals surface area contributed by atoms with E-state index >= 15 is 0 Å². The molecule has 112 valence electrons. The van der Waals surface area contributed by atoms with Crippen molar-refractivity contribution in [1.29, 1.82) is 0 Å². The number of thioether (sulfide) groups is 1. The third kappa shape index (κ3) is 5.36. The van der Waals surface area contributed by atoms with Gasteiger partial charge in [-0.3, -0.25) is 0 Å². The van der Waals surface area contributed by atoms with Crippen LogP contribution < -0.4 is 4.72 Å². The molecule has 0 aliphatic heterocycles. The fourth-order valence-electron chi connectivity index (χ4n) is 1.73. The highest BCUT2D eigenvalue weighted by atomic mass is 35.5. The van der Waals surface area contributed by atoms with Crippen molar-refractivity contribution in [3.8, 4) is 0 Å². The quantitative estimate of drug-likeness (QED) is 0.783. The fraction of sp³-hybridized carbons (Fsp3) is 0.200. The second-order valence-electron chi connectivity index (χ2n) is 4.39. The summed E-state index contributed by atoms with van der Waals surface area (Å²) >= 11 is 7.50. The van der Waals surface area contributed by atoms with Crippen molar-refractivity contribution in [1.82, 2.24) is 4.72 Å². The first-order valence-electron chi connectivity index (χ1n) is 6.45. The van der Waals surface area contributed by atoms with E-state index in [4.69, 9.17) is 11.6 Å². The van der Waals surface area contributed by atoms with Crippen LogP contribution in [0.1, 0.15) is 5.56 Å². The molecule has 0 saturated carbocycles. The van der Waals surface area contributed by atoms with Gasteiger partial charge in [0.05, 0.1) is 4.90 Å². The van der Waals surface area contributed by atoms with E-state index in [0.717, 1.165) is 5.75 Å². The van der Waals surface area contributed by atoms with Gasteiger partial charge in [-0.1, -0.05) is 48.0 Å². The summed E-state index contributed by atoms with van der Waals surface area (Å²) in [6, 6.07) is 16.3. The van der Waals surface area contributed by atoms with E-state index in [9.17, 15) is 8.42 Å². The molecular formula is C15H16ClNO2S2. The standard InChI is InChI=1S/C15H16ClNO2S2/c16-14-7-4-8-15(11-14)21(18,19)17-9-10-20-12-13-5-2-1-3-6-13/h1-8,11,17H,9-10,12H2. The molecule has 0 fully saturated rings. The Bertz CT molecular complexity index is 675. The summed E-state index contributed by atoms with van der Waals surface area (Å²) in [5, 5.41) is 0.413. The largest absolute Gasteiger partial charge is 0.240 e. The van der Waals surface area contributed by atoms with E-state index in [-0.39, 0.29) is 4.90 Å². The Labute approximate surface area is 134 Å². The fourth-order valence-corrected chi connectivity index (χ4v) is 4.01. The first-order valence-corrected chi connectivity index (χ1v) is 9.46. The summed E-state index contributed by atoms with van der Waals surface area (Å²) in [6.07, 6.45) is 0. The molecule has 0 saturated heterocycles. The second-order valence-corrected chi connectivity index (χ2v) is 7.70. The maximum absolute atomic E-state index is 12.0. The molecule has 0 aliphatic rings. The molecule has 6 heteroatoms. The highest BCUT2D eigenvalue weighted by Gasteiger charge is 2.13. The van der Waals surface area contributed by atoms with Gasteiger partial charge in [-0.2, -0.15) is 11.8 Å². The molecule has 0 amide bonds. The molecule has 0 aliphatic carbocycles. The lowest BCUT2D eigenvalue weighted by atomic mass is 10.2. The van der Waals surface area contributed by atoms with Crippen LogP contribution >= 0.6 is 23.4 Å². The molecule has 0 spiro atoms. The lowest BCUT2D eigenvalue weighted by Gasteiger charge is -2.07. The van der Waals surface area contributed by atoms with Crippen LogP contribution in [0.3, 0.4) is 0 Å². The number of hydrogen-bond donors (Lipinski definition) is 1. The predicted molar refractivity (Wildman–Crippen MR) is 89.2 cm³/mol. The Hall–Kier alpha value is -1.01. The third-order valence-electron chi connectivity index (χ3n) is 2.76. The monoisotopic (exact) mass is 341 g/mol. The van der Waals surface area contributed by atoms with Gasteiger partial charge in [0.1, 0.15) is 0 Å². The topological polar surface area (TPSA) is 46.2 Å². The van der Waals surface area contributed by atoms with Crippen molar-refractivity contribution in [2.45, 2.75) is 10.6 Å². The van der Waals surface area contributed by atoms with Gasteiger partial charge in [0.2, 0.25) is 10.0 Å². The van der Waals surface area contributed by atoms with Gasteiger partial charge in [-0.05, 0) is 23.8 Å². The number of benzene rings is 2. The van der Waals surface area contributed by atoms with E-state index in [0.29, 0.717) is 17.3 Å². The van der Waals surface area contributed by atoms with Crippen LogP contribution in [0.5, 0.6) is 0 Å². The molecule has 2 aromatic carbocycles. The van der Waals surface area contributed by atoms with Crippen molar-refractivity contribution in [3.05, 3.63) is 65.2 Å². The van der Waals surface area contributed by atoms with Crippen LogP contribution in [-0.2, 0) is 15.8 Å². The smallest absolute Gasteiger partial charge is 0.210 e. The summed E-state index contributed by atoms with van der Waals surface area (Å²) < 4.78 is 26.7. The molecule has 1 N–H and O–H groups in total. The summed E-state index contributed by atoms with van der Waals surface area (Å²) in [6.45, 7) is 0.395. The van der Waals surface area contributed by atoms with Gasteiger partial charge in [0, 0.05) is 23.1 Å².